The molecule has 0 unspecified atom stereocenters. The van der Waals surface area contributed by atoms with Crippen LogP contribution in [-0.4, -0.2) is 30.9 Å². The van der Waals surface area contributed by atoms with E-state index >= 15 is 0 Å². The van der Waals surface area contributed by atoms with Gasteiger partial charge in [-0.2, -0.15) is 0 Å². The summed E-state index contributed by atoms with van der Waals surface area (Å²) in [5, 5.41) is 1.54. The summed E-state index contributed by atoms with van der Waals surface area (Å²) in [6, 6.07) is 13.3. The predicted octanol–water partition coefficient (Wildman–Crippen LogP) is 3.36. The lowest BCUT2D eigenvalue weighted by Gasteiger charge is -2.26. The maximum Gasteiger partial charge on any atom is 0.334 e. The first kappa shape index (κ1) is 15.6. The van der Waals surface area contributed by atoms with Gasteiger partial charge in [0.25, 0.3) is 0 Å². The molecule has 0 aliphatic heterocycles. The average Bonchev–Trinajstić information content (AvgIpc) is 2.39. The van der Waals surface area contributed by atoms with Gasteiger partial charge in [-0.05, 0) is 12.6 Å². The molecule has 0 saturated heterocycles. The third-order valence-electron chi connectivity index (χ3n) is 3.85. The van der Waals surface area contributed by atoms with E-state index in [2.05, 4.69) is 50.0 Å². The Morgan fingerprint density at radius 1 is 0.889 bits per heavy atom. The van der Waals surface area contributed by atoms with E-state index in [4.69, 9.17) is 8.85 Å². The normalized spacial score (nSPS) is 12.7. The first-order valence-corrected chi connectivity index (χ1v) is 12.3. The Labute approximate surface area is 114 Å². The molecule has 1 aromatic rings. The van der Waals surface area contributed by atoms with Crippen LogP contribution in [0.5, 0.6) is 0 Å². The molecule has 0 saturated carbocycles. The summed E-state index contributed by atoms with van der Waals surface area (Å²) in [7, 11) is 0.377. The van der Waals surface area contributed by atoms with Crippen molar-refractivity contribution >= 4 is 21.8 Å². The molecule has 4 heteroatoms. The Hall–Kier alpha value is -0.426. The molecule has 0 spiro atoms. The van der Waals surface area contributed by atoms with Crippen LogP contribution in [0.1, 0.15) is 6.42 Å². The van der Waals surface area contributed by atoms with Gasteiger partial charge in [0.2, 0.25) is 0 Å². The average molecular weight is 283 g/mol. The molecule has 2 nitrogen and oxygen atoms in total. The maximum atomic E-state index is 5.54. The van der Waals surface area contributed by atoms with Crippen molar-refractivity contribution < 1.29 is 8.85 Å². The monoisotopic (exact) mass is 282 g/mol. The van der Waals surface area contributed by atoms with E-state index in [1.807, 2.05) is 0 Å². The highest BCUT2D eigenvalue weighted by Gasteiger charge is 2.30. The third kappa shape index (κ3) is 4.35. The standard InChI is InChI=1S/C14H26O2Si2/c1-15-18(5,16-2)13-9-12-17(3,4)14-10-7-6-8-11-14/h6-8,10-11H,9,12-13H2,1-5H3. The van der Waals surface area contributed by atoms with Crippen molar-refractivity contribution in [2.24, 2.45) is 0 Å². The van der Waals surface area contributed by atoms with Crippen molar-refractivity contribution in [1.29, 1.82) is 0 Å². The fraction of sp³-hybridized carbons (Fsp3) is 0.571. The van der Waals surface area contributed by atoms with E-state index in [0.29, 0.717) is 0 Å². The first-order chi connectivity index (χ1) is 8.43. The predicted molar refractivity (Wildman–Crippen MR) is 83.4 cm³/mol. The fourth-order valence-electron chi connectivity index (χ4n) is 2.17. The molecular weight excluding hydrogens is 256 g/mol. The lowest BCUT2D eigenvalue weighted by molar-refractivity contribution is 0.249. The molecular formula is C14H26O2Si2. The highest BCUT2D eigenvalue weighted by Crippen LogP contribution is 2.20. The lowest BCUT2D eigenvalue weighted by Crippen LogP contribution is -2.42. The van der Waals surface area contributed by atoms with E-state index in [9.17, 15) is 0 Å². The van der Waals surface area contributed by atoms with Gasteiger partial charge >= 0.3 is 8.56 Å². The minimum Gasteiger partial charge on any atom is -0.398 e. The van der Waals surface area contributed by atoms with Crippen LogP contribution >= 0.6 is 0 Å². The van der Waals surface area contributed by atoms with Crippen LogP contribution in [0.25, 0.3) is 0 Å². The van der Waals surface area contributed by atoms with Gasteiger partial charge in [-0.1, -0.05) is 61.1 Å². The van der Waals surface area contributed by atoms with Crippen LogP contribution in [0.3, 0.4) is 0 Å². The van der Waals surface area contributed by atoms with Gasteiger partial charge in [0.05, 0.1) is 8.07 Å². The summed E-state index contributed by atoms with van der Waals surface area (Å²) in [6.07, 6.45) is 1.21. The molecule has 1 rings (SSSR count). The van der Waals surface area contributed by atoms with Crippen LogP contribution < -0.4 is 5.19 Å². The SMILES string of the molecule is CO[Si](C)(CCC[Si](C)(C)c1ccccc1)OC. The van der Waals surface area contributed by atoms with Gasteiger partial charge in [0.15, 0.2) is 0 Å². The zero-order valence-corrected chi connectivity index (χ0v) is 14.3. The Morgan fingerprint density at radius 3 is 1.94 bits per heavy atom. The van der Waals surface area contributed by atoms with Crippen LogP contribution in [0.4, 0.5) is 0 Å². The molecule has 0 heterocycles. The highest BCUT2D eigenvalue weighted by molar-refractivity contribution is 6.89. The van der Waals surface area contributed by atoms with Crippen LogP contribution in [0.2, 0.25) is 31.7 Å². The fourth-order valence-corrected chi connectivity index (χ4v) is 6.36. The molecule has 102 valence electrons. The molecule has 0 aromatic heterocycles. The second-order valence-electron chi connectivity index (χ2n) is 5.65. The number of hydrogen-bond acceptors (Lipinski definition) is 2. The van der Waals surface area contributed by atoms with Gasteiger partial charge in [0.1, 0.15) is 0 Å². The molecule has 0 aliphatic carbocycles. The lowest BCUT2D eigenvalue weighted by atomic mass is 10.4. The molecule has 0 N–H and O–H groups in total. The molecule has 0 atom stereocenters. The van der Waals surface area contributed by atoms with Crippen molar-refractivity contribution in [2.75, 3.05) is 14.2 Å². The van der Waals surface area contributed by atoms with Crippen LogP contribution in [0, 0.1) is 0 Å². The summed E-state index contributed by atoms with van der Waals surface area (Å²) in [5.74, 6) is 0. The summed E-state index contributed by atoms with van der Waals surface area (Å²) in [6.45, 7) is 7.03. The molecule has 0 amide bonds. The van der Waals surface area contributed by atoms with Gasteiger partial charge in [-0.15, -0.1) is 0 Å². The molecule has 18 heavy (non-hydrogen) atoms. The molecule has 0 aliphatic rings. The van der Waals surface area contributed by atoms with E-state index in [1.165, 1.54) is 12.5 Å². The van der Waals surface area contributed by atoms with E-state index in [1.54, 1.807) is 19.4 Å². The Morgan fingerprint density at radius 2 is 1.44 bits per heavy atom. The van der Waals surface area contributed by atoms with Crippen molar-refractivity contribution in [1.82, 2.24) is 0 Å². The smallest absolute Gasteiger partial charge is 0.334 e. The molecule has 0 fully saturated rings. The molecule has 0 bridgehead atoms. The Balaban J connectivity index is 2.53. The van der Waals surface area contributed by atoms with Crippen LogP contribution in [-0.2, 0) is 8.85 Å². The number of rotatable bonds is 7. The minimum absolute atomic E-state index is 1.09. The second kappa shape index (κ2) is 6.66. The van der Waals surface area contributed by atoms with Crippen molar-refractivity contribution in [3.63, 3.8) is 0 Å². The topological polar surface area (TPSA) is 18.5 Å². The van der Waals surface area contributed by atoms with E-state index in [0.717, 1.165) is 6.04 Å². The second-order valence-corrected chi connectivity index (χ2v) is 14.1. The summed E-state index contributed by atoms with van der Waals surface area (Å²) in [5.41, 5.74) is 0. The van der Waals surface area contributed by atoms with E-state index in [-0.39, 0.29) is 0 Å². The minimum atomic E-state index is -1.88. The summed E-state index contributed by atoms with van der Waals surface area (Å²) in [4.78, 5) is 0. The molecule has 1 aromatic carbocycles. The van der Waals surface area contributed by atoms with Crippen LogP contribution in [0.15, 0.2) is 30.3 Å². The Bertz CT molecular complexity index is 348. The molecule has 0 radical (unpaired) electrons. The van der Waals surface area contributed by atoms with Crippen molar-refractivity contribution in [3.05, 3.63) is 30.3 Å². The number of benzene rings is 1. The first-order valence-electron chi connectivity index (χ1n) is 6.59. The maximum absolute atomic E-state index is 5.54. The summed E-state index contributed by atoms with van der Waals surface area (Å²) >= 11 is 0. The van der Waals surface area contributed by atoms with Gasteiger partial charge in [-0.3, -0.25) is 0 Å². The van der Waals surface area contributed by atoms with Gasteiger partial charge in [-0.25, -0.2) is 0 Å². The summed E-state index contributed by atoms with van der Waals surface area (Å²) < 4.78 is 11.1. The largest absolute Gasteiger partial charge is 0.398 e. The van der Waals surface area contributed by atoms with Gasteiger partial charge < -0.3 is 8.85 Å². The van der Waals surface area contributed by atoms with Crippen molar-refractivity contribution in [2.45, 2.75) is 38.2 Å². The van der Waals surface area contributed by atoms with Crippen molar-refractivity contribution in [3.8, 4) is 0 Å². The van der Waals surface area contributed by atoms with E-state index < -0.39 is 16.6 Å². The quantitative estimate of drug-likeness (QED) is 0.714. The number of hydrogen-bond donors (Lipinski definition) is 0. The zero-order valence-electron chi connectivity index (χ0n) is 12.3. The third-order valence-corrected chi connectivity index (χ3v) is 10.3. The zero-order chi connectivity index (χ0) is 13.6. The Kier molecular flexibility index (Phi) is 5.78. The highest BCUT2D eigenvalue weighted by atomic mass is 28.4. The van der Waals surface area contributed by atoms with Gasteiger partial charge in [0, 0.05) is 14.2 Å².